The first-order chi connectivity index (χ1) is 13.2. The Morgan fingerprint density at radius 2 is 1.85 bits per heavy atom. The van der Waals surface area contributed by atoms with Crippen LogP contribution in [-0.2, 0) is 4.79 Å². The molecule has 3 aliphatic heterocycles. The van der Waals surface area contributed by atoms with E-state index < -0.39 is 0 Å². The van der Waals surface area contributed by atoms with Gasteiger partial charge in [-0.2, -0.15) is 0 Å². The predicted molar refractivity (Wildman–Crippen MR) is 112 cm³/mol. The van der Waals surface area contributed by atoms with Crippen LogP contribution in [0.4, 0.5) is 11.4 Å². The van der Waals surface area contributed by atoms with Crippen molar-refractivity contribution in [3.05, 3.63) is 24.3 Å². The van der Waals surface area contributed by atoms with Gasteiger partial charge in [0.2, 0.25) is 5.91 Å². The van der Waals surface area contributed by atoms with Crippen LogP contribution in [0.5, 0.6) is 0 Å². The Kier molecular flexibility index (Phi) is 5.98. The van der Waals surface area contributed by atoms with Crippen molar-refractivity contribution >= 4 is 17.3 Å². The van der Waals surface area contributed by atoms with Crippen molar-refractivity contribution in [3.8, 4) is 0 Å². The minimum atomic E-state index is 0.267. The Hall–Kier alpha value is -1.59. The average Bonchev–Trinajstić information content (AvgIpc) is 3.35. The van der Waals surface area contributed by atoms with Crippen LogP contribution in [0, 0.1) is 0 Å². The molecule has 0 saturated carbocycles. The van der Waals surface area contributed by atoms with Crippen molar-refractivity contribution in [3.63, 3.8) is 0 Å². The fourth-order valence-corrected chi connectivity index (χ4v) is 4.97. The summed E-state index contributed by atoms with van der Waals surface area (Å²) in [4.78, 5) is 19.1. The standard InChI is InChI=1S/C22H34N4O/c1-2-24-12-4-8-21(24)17-23-18-10-14-25(15-11-18)19-6-3-7-20(16-19)26-13-5-9-22(26)27/h3,6-7,16,18,21,23H,2,4-5,8-15,17H2,1H3/t21-/m1/s1. The van der Waals surface area contributed by atoms with Gasteiger partial charge in [0, 0.05) is 56.1 Å². The van der Waals surface area contributed by atoms with Crippen molar-refractivity contribution in [1.29, 1.82) is 0 Å². The van der Waals surface area contributed by atoms with Gasteiger partial charge in [0.1, 0.15) is 0 Å². The largest absolute Gasteiger partial charge is 0.371 e. The van der Waals surface area contributed by atoms with E-state index in [-0.39, 0.29) is 5.91 Å². The van der Waals surface area contributed by atoms with Gasteiger partial charge in [0.05, 0.1) is 0 Å². The molecule has 0 aromatic heterocycles. The van der Waals surface area contributed by atoms with Crippen LogP contribution in [-0.4, -0.2) is 62.2 Å². The van der Waals surface area contributed by atoms with Gasteiger partial charge in [0.15, 0.2) is 0 Å². The van der Waals surface area contributed by atoms with Crippen molar-refractivity contribution in [2.24, 2.45) is 0 Å². The number of anilines is 2. The highest BCUT2D eigenvalue weighted by atomic mass is 16.2. The summed E-state index contributed by atoms with van der Waals surface area (Å²) in [6.07, 6.45) is 6.78. The molecule has 4 rings (SSSR count). The SMILES string of the molecule is CCN1CCC[C@@H]1CNC1CCN(c2cccc(N3CCCC3=O)c2)CC1. The minimum absolute atomic E-state index is 0.267. The fourth-order valence-electron chi connectivity index (χ4n) is 4.97. The number of rotatable bonds is 6. The van der Waals surface area contributed by atoms with Gasteiger partial charge in [-0.1, -0.05) is 13.0 Å². The molecule has 0 radical (unpaired) electrons. The van der Waals surface area contributed by atoms with Crippen LogP contribution in [0.3, 0.4) is 0 Å². The molecule has 1 N–H and O–H groups in total. The molecule has 5 nitrogen and oxygen atoms in total. The lowest BCUT2D eigenvalue weighted by Crippen LogP contribution is -2.46. The molecule has 5 heteroatoms. The van der Waals surface area contributed by atoms with E-state index in [1.54, 1.807) is 0 Å². The second kappa shape index (κ2) is 8.61. The van der Waals surface area contributed by atoms with Crippen LogP contribution < -0.4 is 15.1 Å². The Bertz CT molecular complexity index is 641. The van der Waals surface area contributed by atoms with Gasteiger partial charge in [-0.25, -0.2) is 0 Å². The van der Waals surface area contributed by atoms with E-state index in [4.69, 9.17) is 0 Å². The molecule has 148 valence electrons. The maximum atomic E-state index is 12.0. The molecule has 1 atom stereocenters. The minimum Gasteiger partial charge on any atom is -0.371 e. The highest BCUT2D eigenvalue weighted by Gasteiger charge is 2.26. The first-order valence-electron chi connectivity index (χ1n) is 10.9. The second-order valence-corrected chi connectivity index (χ2v) is 8.26. The normalized spacial score (nSPS) is 24.9. The van der Waals surface area contributed by atoms with E-state index in [0.29, 0.717) is 12.5 Å². The number of nitrogens with one attached hydrogen (secondary N) is 1. The third-order valence-electron chi connectivity index (χ3n) is 6.62. The Balaban J connectivity index is 1.28. The van der Waals surface area contributed by atoms with Crippen LogP contribution in [0.1, 0.15) is 45.4 Å². The van der Waals surface area contributed by atoms with Gasteiger partial charge in [-0.05, 0) is 63.4 Å². The van der Waals surface area contributed by atoms with E-state index in [1.807, 2.05) is 4.90 Å². The number of hydrogen-bond donors (Lipinski definition) is 1. The summed E-state index contributed by atoms with van der Waals surface area (Å²) in [6, 6.07) is 9.94. The summed E-state index contributed by atoms with van der Waals surface area (Å²) < 4.78 is 0. The predicted octanol–water partition coefficient (Wildman–Crippen LogP) is 2.86. The molecule has 0 spiro atoms. The van der Waals surface area contributed by atoms with E-state index >= 15 is 0 Å². The molecule has 0 aliphatic carbocycles. The number of likely N-dealkylation sites (N-methyl/N-ethyl adjacent to an activating group) is 1. The highest BCUT2D eigenvalue weighted by molar-refractivity contribution is 5.95. The van der Waals surface area contributed by atoms with Gasteiger partial charge in [-0.15, -0.1) is 0 Å². The van der Waals surface area contributed by atoms with Crippen LogP contribution in [0.15, 0.2) is 24.3 Å². The lowest BCUT2D eigenvalue weighted by atomic mass is 10.0. The third kappa shape index (κ3) is 4.30. The molecule has 3 aliphatic rings. The summed E-state index contributed by atoms with van der Waals surface area (Å²) >= 11 is 0. The fraction of sp³-hybridized carbons (Fsp3) is 0.682. The van der Waals surface area contributed by atoms with E-state index in [2.05, 4.69) is 46.3 Å². The maximum Gasteiger partial charge on any atom is 0.227 e. The van der Waals surface area contributed by atoms with Crippen LogP contribution in [0.2, 0.25) is 0 Å². The molecule has 1 aromatic carbocycles. The van der Waals surface area contributed by atoms with Crippen LogP contribution >= 0.6 is 0 Å². The van der Waals surface area contributed by atoms with E-state index in [0.717, 1.165) is 44.3 Å². The molecule has 3 saturated heterocycles. The summed E-state index contributed by atoms with van der Waals surface area (Å²) in [5, 5.41) is 3.84. The number of piperidine rings is 1. The van der Waals surface area contributed by atoms with Gasteiger partial charge in [0.25, 0.3) is 0 Å². The zero-order chi connectivity index (χ0) is 18.6. The smallest absolute Gasteiger partial charge is 0.227 e. The number of hydrogen-bond acceptors (Lipinski definition) is 4. The van der Waals surface area contributed by atoms with Crippen molar-refractivity contribution in [1.82, 2.24) is 10.2 Å². The average molecular weight is 371 g/mol. The first-order valence-corrected chi connectivity index (χ1v) is 10.9. The molecule has 0 unspecified atom stereocenters. The first kappa shape index (κ1) is 18.8. The van der Waals surface area contributed by atoms with Crippen LogP contribution in [0.25, 0.3) is 0 Å². The zero-order valence-corrected chi connectivity index (χ0v) is 16.7. The van der Waals surface area contributed by atoms with Gasteiger partial charge >= 0.3 is 0 Å². The molecule has 3 fully saturated rings. The lowest BCUT2D eigenvalue weighted by Gasteiger charge is -2.35. The topological polar surface area (TPSA) is 38.8 Å². The quantitative estimate of drug-likeness (QED) is 0.836. The Morgan fingerprint density at radius 1 is 1.04 bits per heavy atom. The number of carbonyl (C=O) groups is 1. The Labute approximate surface area is 163 Å². The number of likely N-dealkylation sites (tertiary alicyclic amines) is 1. The summed E-state index contributed by atoms with van der Waals surface area (Å²) in [5.41, 5.74) is 2.33. The lowest BCUT2D eigenvalue weighted by molar-refractivity contribution is -0.117. The number of amides is 1. The zero-order valence-electron chi connectivity index (χ0n) is 16.7. The molecule has 27 heavy (non-hydrogen) atoms. The third-order valence-corrected chi connectivity index (χ3v) is 6.62. The van der Waals surface area contributed by atoms with E-state index in [1.165, 1.54) is 44.5 Å². The summed E-state index contributed by atoms with van der Waals surface area (Å²) in [7, 11) is 0. The van der Waals surface area contributed by atoms with Crippen molar-refractivity contribution in [2.45, 2.75) is 57.5 Å². The van der Waals surface area contributed by atoms with Gasteiger partial charge in [-0.3, -0.25) is 9.69 Å². The highest BCUT2D eigenvalue weighted by Crippen LogP contribution is 2.28. The summed E-state index contributed by atoms with van der Waals surface area (Å²) in [6.45, 7) is 8.93. The molecular weight excluding hydrogens is 336 g/mol. The molecule has 3 heterocycles. The van der Waals surface area contributed by atoms with E-state index in [9.17, 15) is 4.79 Å². The number of carbonyl (C=O) groups excluding carboxylic acids is 1. The van der Waals surface area contributed by atoms with Crippen molar-refractivity contribution in [2.75, 3.05) is 49.1 Å². The molecule has 1 amide bonds. The number of nitrogens with zero attached hydrogens (tertiary/aromatic N) is 3. The number of benzene rings is 1. The molecule has 1 aromatic rings. The Morgan fingerprint density at radius 3 is 2.59 bits per heavy atom. The van der Waals surface area contributed by atoms with Gasteiger partial charge < -0.3 is 15.1 Å². The molecular formula is C22H34N4O. The second-order valence-electron chi connectivity index (χ2n) is 8.26. The maximum absolute atomic E-state index is 12.0. The van der Waals surface area contributed by atoms with Crippen molar-refractivity contribution < 1.29 is 4.79 Å². The monoisotopic (exact) mass is 370 g/mol. The summed E-state index contributed by atoms with van der Waals surface area (Å²) in [5.74, 6) is 0.267. The molecule has 0 bridgehead atoms.